The third kappa shape index (κ3) is 12.6. The smallest absolute Gasteiger partial charge is 0.303 e. The minimum Gasteiger partial charge on any atom is -0.493 e. The predicted molar refractivity (Wildman–Crippen MR) is 254 cm³/mol. The van der Waals surface area contributed by atoms with Crippen molar-refractivity contribution in [1.82, 2.24) is 19.7 Å². The number of aromatic nitrogens is 1. The molecule has 4 aliphatic rings. The molecule has 4 aliphatic heterocycles. The first-order valence-corrected chi connectivity index (χ1v) is 23.0. The summed E-state index contributed by atoms with van der Waals surface area (Å²) in [6, 6.07) is 10.1. The number of pyridine rings is 1. The van der Waals surface area contributed by atoms with Crippen LogP contribution in [0, 0.1) is 0 Å². The minimum absolute atomic E-state index is 0.00413. The zero-order valence-corrected chi connectivity index (χ0v) is 39.6. The van der Waals surface area contributed by atoms with E-state index in [-0.39, 0.29) is 50.1 Å². The largest absolute Gasteiger partial charge is 0.493 e. The molecule has 0 unspecified atom stereocenters. The van der Waals surface area contributed by atoms with Crippen LogP contribution < -0.4 is 23.7 Å². The molecular weight excluding hydrogens is 877 g/mol. The number of amides is 2. The van der Waals surface area contributed by atoms with Gasteiger partial charge < -0.3 is 52.8 Å². The summed E-state index contributed by atoms with van der Waals surface area (Å²) >= 11 is 0. The van der Waals surface area contributed by atoms with Crippen molar-refractivity contribution in [2.24, 2.45) is 9.98 Å². The van der Waals surface area contributed by atoms with Crippen molar-refractivity contribution in [1.29, 1.82) is 0 Å². The highest BCUT2D eigenvalue weighted by molar-refractivity contribution is 6.04. The average Bonchev–Trinajstić information content (AvgIpc) is 3.91. The van der Waals surface area contributed by atoms with E-state index in [9.17, 15) is 19.5 Å². The van der Waals surface area contributed by atoms with Crippen LogP contribution in [0.2, 0.25) is 0 Å². The number of fused-ring (bicyclic) bond motifs is 4. The van der Waals surface area contributed by atoms with Crippen molar-refractivity contribution in [3.8, 4) is 28.7 Å². The van der Waals surface area contributed by atoms with Crippen LogP contribution in [0.5, 0.6) is 28.7 Å². The first kappa shape index (κ1) is 49.6. The highest BCUT2D eigenvalue weighted by atomic mass is 16.5. The molecule has 0 bridgehead atoms. The Morgan fingerprint density at radius 1 is 0.676 bits per heavy atom. The van der Waals surface area contributed by atoms with E-state index in [2.05, 4.69) is 4.90 Å². The summed E-state index contributed by atoms with van der Waals surface area (Å²) < 4.78 is 46.9. The second-order valence-corrected chi connectivity index (χ2v) is 16.7. The highest BCUT2D eigenvalue weighted by Gasteiger charge is 2.36. The molecule has 18 nitrogen and oxygen atoms in total. The number of aliphatic imine (C=N–C) groups is 2. The Labute approximate surface area is 397 Å². The number of methoxy groups -OCH3 is 3. The van der Waals surface area contributed by atoms with E-state index < -0.39 is 5.97 Å². The summed E-state index contributed by atoms with van der Waals surface area (Å²) in [6.07, 6.45) is 9.73. The monoisotopic (exact) mass is 938 g/mol. The number of ether oxygens (including phenoxy) is 8. The van der Waals surface area contributed by atoms with Crippen molar-refractivity contribution in [2.75, 3.05) is 93.7 Å². The lowest BCUT2D eigenvalue weighted by Crippen LogP contribution is -2.35. The van der Waals surface area contributed by atoms with E-state index >= 15 is 0 Å². The topological polar surface area (TPSA) is 193 Å². The first-order valence-electron chi connectivity index (χ1n) is 23.0. The third-order valence-corrected chi connectivity index (χ3v) is 12.2. The zero-order valence-electron chi connectivity index (χ0n) is 39.6. The van der Waals surface area contributed by atoms with Crippen LogP contribution in [0.3, 0.4) is 0 Å². The molecule has 68 heavy (non-hydrogen) atoms. The van der Waals surface area contributed by atoms with Gasteiger partial charge in [-0.25, -0.2) is 0 Å². The number of benzene rings is 2. The Morgan fingerprint density at radius 2 is 1.19 bits per heavy atom. The van der Waals surface area contributed by atoms with E-state index in [0.29, 0.717) is 135 Å². The lowest BCUT2D eigenvalue weighted by atomic mass is 10.1. The fourth-order valence-corrected chi connectivity index (χ4v) is 8.42. The molecule has 2 aromatic carbocycles. The maximum absolute atomic E-state index is 13.7. The van der Waals surface area contributed by atoms with Crippen LogP contribution in [0.4, 0.5) is 11.4 Å². The number of carbonyl (C=O) groups is 3. The normalized spacial score (nSPS) is 18.4. The number of nitrogens with zero attached hydrogens (tertiary/aromatic N) is 6. The number of carboxylic acid groups (broad SMARTS) is 1. The molecule has 0 saturated carbocycles. The van der Waals surface area contributed by atoms with Crippen LogP contribution in [0.15, 0.2) is 69.7 Å². The molecule has 0 radical (unpaired) electrons. The SMILES string of the molecule is C/C=C1\C[C@H]2C=Nc3cc(OCc4cc(OCCN(CCCC(=O)O)CCOCCOCCOC)cc(COc5cc6c(cc5OC)C(=O)N5C/C(=C/C)C[C@H]5C=N6)n4)c(OC)cc3C(=O)N2C1. The number of allylic oxidation sites excluding steroid dienone is 2. The van der Waals surface area contributed by atoms with Crippen molar-refractivity contribution in [3.63, 3.8) is 0 Å². The molecule has 5 heterocycles. The Kier molecular flexibility index (Phi) is 17.6. The van der Waals surface area contributed by atoms with E-state index in [4.69, 9.17) is 52.9 Å². The number of carbonyl (C=O) groups excluding carboxylic acids is 2. The predicted octanol–water partition coefficient (Wildman–Crippen LogP) is 6.24. The van der Waals surface area contributed by atoms with Crippen molar-refractivity contribution in [3.05, 3.63) is 82.2 Å². The summed E-state index contributed by atoms with van der Waals surface area (Å²) in [4.78, 5) is 58.8. The summed E-state index contributed by atoms with van der Waals surface area (Å²) in [5.41, 5.74) is 5.24. The average molecular weight is 939 g/mol. The standard InChI is InChI=1S/C50H62N6O12/c1-6-33-19-37-27-51-42-25-46(44(62-4)23-40(42)49(59)55(37)29-33)67-31-35-21-39(66-14-12-54(10-8-9-48(57)58)11-13-64-17-18-65-16-15-61-3)22-36(53-35)32-68-47-26-43-41(24-45(47)63-5)50(60)56-30-34(7-2)20-38(56)28-52-43/h6-7,21-28,37-38H,8-20,29-32H2,1-5H3,(H,57,58)/b33-6+,34-7+/t37-,38-/m0/s1. The molecule has 0 spiro atoms. The minimum atomic E-state index is -0.853. The van der Waals surface area contributed by atoms with Crippen molar-refractivity contribution < 1.29 is 57.4 Å². The molecule has 2 amide bonds. The fourth-order valence-electron chi connectivity index (χ4n) is 8.42. The lowest BCUT2D eigenvalue weighted by Gasteiger charge is -2.22. The molecule has 7 rings (SSSR count). The van der Waals surface area contributed by atoms with E-state index in [1.165, 1.54) is 25.4 Å². The Hall–Kier alpha value is -6.34. The van der Waals surface area contributed by atoms with Crippen molar-refractivity contribution in [2.45, 2.75) is 64.8 Å². The molecular formula is C50H62N6O12. The molecule has 2 fully saturated rings. The Morgan fingerprint density at radius 3 is 1.69 bits per heavy atom. The number of hydrogen-bond donors (Lipinski definition) is 1. The maximum Gasteiger partial charge on any atom is 0.303 e. The van der Waals surface area contributed by atoms with E-state index in [1.54, 1.807) is 43.5 Å². The van der Waals surface area contributed by atoms with Gasteiger partial charge in [0.25, 0.3) is 11.8 Å². The van der Waals surface area contributed by atoms with Gasteiger partial charge in [0.05, 0.1) is 93.2 Å². The quantitative estimate of drug-likeness (QED) is 0.0742. The molecule has 364 valence electrons. The number of rotatable bonds is 25. The molecule has 2 saturated heterocycles. The van der Waals surface area contributed by atoms with Gasteiger partial charge in [0.2, 0.25) is 0 Å². The second kappa shape index (κ2) is 24.1. The van der Waals surface area contributed by atoms with Crippen molar-refractivity contribution >= 4 is 41.6 Å². The zero-order chi connectivity index (χ0) is 48.0. The molecule has 2 atom stereocenters. The molecule has 3 aromatic rings. The highest BCUT2D eigenvalue weighted by Crippen LogP contribution is 2.41. The van der Waals surface area contributed by atoms with E-state index in [1.807, 2.05) is 48.2 Å². The van der Waals surface area contributed by atoms with Gasteiger partial charge in [-0.3, -0.25) is 34.3 Å². The van der Waals surface area contributed by atoms with E-state index in [0.717, 1.165) is 12.8 Å². The molecule has 18 heteroatoms. The van der Waals surface area contributed by atoms with Crippen LogP contribution >= 0.6 is 0 Å². The molecule has 1 aromatic heterocycles. The summed E-state index contributed by atoms with van der Waals surface area (Å²) in [5, 5.41) is 9.29. The third-order valence-electron chi connectivity index (χ3n) is 12.2. The fraction of sp³-hybridized carbons (Fsp3) is 0.480. The first-order chi connectivity index (χ1) is 33.1. The van der Waals surface area contributed by atoms with Crippen LogP contribution in [-0.2, 0) is 32.2 Å². The molecule has 1 N–H and O–H groups in total. The van der Waals surface area contributed by atoms with Gasteiger partial charge in [0.15, 0.2) is 23.0 Å². The van der Waals surface area contributed by atoms with Gasteiger partial charge >= 0.3 is 5.97 Å². The maximum atomic E-state index is 13.7. The number of carboxylic acids is 1. The number of aliphatic carboxylic acids is 1. The summed E-state index contributed by atoms with van der Waals surface area (Å²) in [7, 11) is 4.67. The Balaban J connectivity index is 1.09. The summed E-state index contributed by atoms with van der Waals surface area (Å²) in [5.74, 6) is 0.913. The van der Waals surface area contributed by atoms with Crippen LogP contribution in [0.25, 0.3) is 0 Å². The van der Waals surface area contributed by atoms with Crippen LogP contribution in [0.1, 0.15) is 71.6 Å². The lowest BCUT2D eigenvalue weighted by molar-refractivity contribution is -0.137. The van der Waals surface area contributed by atoms with Gasteiger partial charge in [-0.15, -0.1) is 0 Å². The van der Waals surface area contributed by atoms with Gasteiger partial charge in [-0.05, 0) is 51.8 Å². The summed E-state index contributed by atoms with van der Waals surface area (Å²) in [6.45, 7) is 9.23. The molecule has 0 aliphatic carbocycles. The van der Waals surface area contributed by atoms with Gasteiger partial charge in [-0.2, -0.15) is 0 Å². The number of hydrogen-bond acceptors (Lipinski definition) is 15. The van der Waals surface area contributed by atoms with Crippen LogP contribution in [-0.4, -0.2) is 161 Å². The Bertz CT molecular complexity index is 2270. The second-order valence-electron chi connectivity index (χ2n) is 16.7. The van der Waals surface area contributed by atoms with Gasteiger partial charge in [-0.1, -0.05) is 23.3 Å². The van der Waals surface area contributed by atoms with Gasteiger partial charge in [0.1, 0.15) is 25.6 Å². The van der Waals surface area contributed by atoms with Gasteiger partial charge in [0, 0.05) is 76.4 Å².